The first-order valence-electron chi connectivity index (χ1n) is 5.79. The standard InChI is InChI=1S/C15H11FINO2/c1-19-14-7-10(8-18)6-13(17)15(14)20-9-11-4-2-3-5-12(11)16/h2-7H,9H2,1H3. The first-order valence-corrected chi connectivity index (χ1v) is 6.87. The Bertz CT molecular complexity index is 667. The van der Waals surface area contributed by atoms with Gasteiger partial charge in [0.25, 0.3) is 0 Å². The second-order valence-electron chi connectivity index (χ2n) is 3.98. The third-order valence-electron chi connectivity index (χ3n) is 2.69. The van der Waals surface area contributed by atoms with Crippen LogP contribution in [0.15, 0.2) is 36.4 Å². The van der Waals surface area contributed by atoms with Gasteiger partial charge >= 0.3 is 0 Å². The molecule has 0 unspecified atom stereocenters. The average Bonchev–Trinajstić information content (AvgIpc) is 2.46. The molecule has 2 rings (SSSR count). The maximum atomic E-state index is 13.5. The van der Waals surface area contributed by atoms with Gasteiger partial charge < -0.3 is 9.47 Å². The van der Waals surface area contributed by atoms with Gasteiger partial charge in [-0.1, -0.05) is 18.2 Å². The number of methoxy groups -OCH3 is 1. The number of hydrogen-bond acceptors (Lipinski definition) is 3. The van der Waals surface area contributed by atoms with Crippen LogP contribution in [0.4, 0.5) is 4.39 Å². The minimum atomic E-state index is -0.310. The van der Waals surface area contributed by atoms with E-state index in [0.29, 0.717) is 22.6 Å². The van der Waals surface area contributed by atoms with Gasteiger partial charge in [0.2, 0.25) is 0 Å². The summed E-state index contributed by atoms with van der Waals surface area (Å²) in [6.45, 7) is 0.102. The number of halogens is 2. The van der Waals surface area contributed by atoms with E-state index < -0.39 is 0 Å². The monoisotopic (exact) mass is 383 g/mol. The van der Waals surface area contributed by atoms with E-state index in [1.165, 1.54) is 13.2 Å². The first kappa shape index (κ1) is 14.6. The third kappa shape index (κ3) is 3.20. The molecule has 2 aromatic carbocycles. The van der Waals surface area contributed by atoms with Gasteiger partial charge in [0, 0.05) is 11.6 Å². The Morgan fingerprint density at radius 2 is 2.05 bits per heavy atom. The van der Waals surface area contributed by atoms with Crippen molar-refractivity contribution in [3.05, 3.63) is 56.9 Å². The van der Waals surface area contributed by atoms with E-state index in [-0.39, 0.29) is 12.4 Å². The highest BCUT2D eigenvalue weighted by Gasteiger charge is 2.12. The lowest BCUT2D eigenvalue weighted by Gasteiger charge is -2.13. The topological polar surface area (TPSA) is 42.2 Å². The predicted molar refractivity (Wildman–Crippen MR) is 81.2 cm³/mol. The van der Waals surface area contributed by atoms with Crippen molar-refractivity contribution < 1.29 is 13.9 Å². The van der Waals surface area contributed by atoms with E-state index in [0.717, 1.165) is 3.57 Å². The molecule has 3 nitrogen and oxygen atoms in total. The molecule has 2 aromatic rings. The number of nitrogens with zero attached hydrogens (tertiary/aromatic N) is 1. The van der Waals surface area contributed by atoms with Gasteiger partial charge in [0.05, 0.1) is 22.3 Å². The molecule has 0 N–H and O–H groups in total. The van der Waals surface area contributed by atoms with Crippen molar-refractivity contribution in [2.75, 3.05) is 7.11 Å². The van der Waals surface area contributed by atoms with E-state index in [4.69, 9.17) is 14.7 Å². The molecule has 0 atom stereocenters. The van der Waals surface area contributed by atoms with E-state index in [9.17, 15) is 4.39 Å². The number of nitriles is 1. The number of ether oxygens (including phenoxy) is 2. The van der Waals surface area contributed by atoms with E-state index in [2.05, 4.69) is 28.7 Å². The molecule has 0 aliphatic rings. The Hall–Kier alpha value is -1.81. The highest BCUT2D eigenvalue weighted by molar-refractivity contribution is 14.1. The summed E-state index contributed by atoms with van der Waals surface area (Å²) < 4.78 is 25.1. The molecule has 0 spiro atoms. The van der Waals surface area contributed by atoms with Crippen LogP contribution in [0.3, 0.4) is 0 Å². The quantitative estimate of drug-likeness (QED) is 0.753. The van der Waals surface area contributed by atoms with Crippen molar-refractivity contribution in [3.63, 3.8) is 0 Å². The van der Waals surface area contributed by atoms with Crippen LogP contribution in [0, 0.1) is 20.7 Å². The minimum absolute atomic E-state index is 0.102. The lowest BCUT2D eigenvalue weighted by molar-refractivity contribution is 0.277. The molecule has 0 bridgehead atoms. The van der Waals surface area contributed by atoms with Crippen molar-refractivity contribution in [1.82, 2.24) is 0 Å². The molecular formula is C15H11FINO2. The van der Waals surface area contributed by atoms with Gasteiger partial charge in [-0.15, -0.1) is 0 Å². The van der Waals surface area contributed by atoms with Crippen molar-refractivity contribution >= 4 is 22.6 Å². The molecule has 0 fully saturated rings. The van der Waals surface area contributed by atoms with Crippen LogP contribution in [0.2, 0.25) is 0 Å². The lowest BCUT2D eigenvalue weighted by atomic mass is 10.2. The molecule has 5 heteroatoms. The number of benzene rings is 2. The summed E-state index contributed by atoms with van der Waals surface area (Å²) in [4.78, 5) is 0. The van der Waals surface area contributed by atoms with Gasteiger partial charge in [-0.05, 0) is 34.7 Å². The van der Waals surface area contributed by atoms with Gasteiger partial charge in [-0.2, -0.15) is 5.26 Å². The van der Waals surface area contributed by atoms with Crippen molar-refractivity contribution in [1.29, 1.82) is 5.26 Å². The Morgan fingerprint density at radius 1 is 1.30 bits per heavy atom. The first-order chi connectivity index (χ1) is 9.65. The molecule has 0 radical (unpaired) electrons. The summed E-state index contributed by atoms with van der Waals surface area (Å²) in [6.07, 6.45) is 0. The third-order valence-corrected chi connectivity index (χ3v) is 3.49. The zero-order valence-electron chi connectivity index (χ0n) is 10.7. The maximum Gasteiger partial charge on any atom is 0.175 e. The second kappa shape index (κ2) is 6.57. The lowest BCUT2D eigenvalue weighted by Crippen LogP contribution is -2.02. The zero-order valence-corrected chi connectivity index (χ0v) is 12.8. The van der Waals surface area contributed by atoms with Crippen LogP contribution in [0.5, 0.6) is 11.5 Å². The fraction of sp³-hybridized carbons (Fsp3) is 0.133. The summed E-state index contributed by atoms with van der Waals surface area (Å²) in [5, 5.41) is 8.92. The van der Waals surface area contributed by atoms with Crippen LogP contribution < -0.4 is 9.47 Å². The average molecular weight is 383 g/mol. The molecule has 0 saturated carbocycles. The largest absolute Gasteiger partial charge is 0.493 e. The molecule has 0 heterocycles. The highest BCUT2D eigenvalue weighted by atomic mass is 127. The molecule has 0 aromatic heterocycles. The van der Waals surface area contributed by atoms with Crippen LogP contribution in [-0.2, 0) is 6.61 Å². The van der Waals surface area contributed by atoms with Crippen molar-refractivity contribution in [3.8, 4) is 17.6 Å². The smallest absolute Gasteiger partial charge is 0.175 e. The van der Waals surface area contributed by atoms with Crippen LogP contribution in [-0.4, -0.2) is 7.11 Å². The molecule has 0 aliphatic carbocycles. The Kier molecular flexibility index (Phi) is 4.79. The zero-order chi connectivity index (χ0) is 14.5. The second-order valence-corrected chi connectivity index (χ2v) is 5.14. The molecule has 0 amide bonds. The SMILES string of the molecule is COc1cc(C#N)cc(I)c1OCc1ccccc1F. The summed E-state index contributed by atoms with van der Waals surface area (Å²) in [5.74, 6) is 0.662. The van der Waals surface area contributed by atoms with Crippen LogP contribution in [0.1, 0.15) is 11.1 Å². The van der Waals surface area contributed by atoms with E-state index in [1.807, 2.05) is 0 Å². The summed E-state index contributed by atoms with van der Waals surface area (Å²) in [5.41, 5.74) is 0.958. The fourth-order valence-corrected chi connectivity index (χ4v) is 2.45. The summed E-state index contributed by atoms with van der Waals surface area (Å²) >= 11 is 2.06. The molecule has 0 saturated heterocycles. The van der Waals surface area contributed by atoms with E-state index in [1.54, 1.807) is 30.3 Å². The summed E-state index contributed by atoms with van der Waals surface area (Å²) in [6, 6.07) is 11.8. The predicted octanol–water partition coefficient (Wildman–Crippen LogP) is 3.89. The van der Waals surface area contributed by atoms with Gasteiger partial charge in [-0.25, -0.2) is 4.39 Å². The van der Waals surface area contributed by atoms with Crippen LogP contribution >= 0.6 is 22.6 Å². The Morgan fingerprint density at radius 3 is 2.70 bits per heavy atom. The summed E-state index contributed by atoms with van der Waals surface area (Å²) in [7, 11) is 1.50. The van der Waals surface area contributed by atoms with Gasteiger partial charge in [0.15, 0.2) is 11.5 Å². The Balaban J connectivity index is 2.26. The molecule has 102 valence electrons. The molecule has 0 aliphatic heterocycles. The normalized spacial score (nSPS) is 9.90. The highest BCUT2D eigenvalue weighted by Crippen LogP contribution is 2.34. The minimum Gasteiger partial charge on any atom is -0.493 e. The maximum absolute atomic E-state index is 13.5. The van der Waals surface area contributed by atoms with Gasteiger partial charge in [-0.3, -0.25) is 0 Å². The molecular weight excluding hydrogens is 372 g/mol. The van der Waals surface area contributed by atoms with Crippen molar-refractivity contribution in [2.45, 2.75) is 6.61 Å². The van der Waals surface area contributed by atoms with Crippen LogP contribution in [0.25, 0.3) is 0 Å². The molecule has 20 heavy (non-hydrogen) atoms. The van der Waals surface area contributed by atoms with Gasteiger partial charge in [0.1, 0.15) is 12.4 Å². The number of hydrogen-bond donors (Lipinski definition) is 0. The Labute approximate surface area is 130 Å². The van der Waals surface area contributed by atoms with E-state index >= 15 is 0 Å². The number of rotatable bonds is 4. The fourth-order valence-electron chi connectivity index (χ4n) is 1.69. The van der Waals surface area contributed by atoms with Crippen molar-refractivity contribution in [2.24, 2.45) is 0 Å².